The van der Waals surface area contributed by atoms with Crippen LogP contribution in [0.1, 0.15) is 236 Å². The van der Waals surface area contributed by atoms with Crippen molar-refractivity contribution in [3.05, 3.63) is 256 Å². The van der Waals surface area contributed by atoms with Gasteiger partial charge in [-0.05, 0) is 175 Å². The van der Waals surface area contributed by atoms with Crippen LogP contribution in [0.15, 0.2) is 79.3 Å². The zero-order valence-corrected chi connectivity index (χ0v) is 70.4. The van der Waals surface area contributed by atoms with E-state index in [4.69, 9.17) is 34.4 Å². The standard InChI is InChI=1S/C20H25F3N4.2C18H21F3N4.C17H20F3N5.C17H19F3N4/c1-11(2)27-20-10-26(9-12(20)8-25-27)13-3-4-14(19(24)5-13)15-6-17(22)18(23)7-16(15)21;1-24-18-9-25(8-10(18)7-23-24)11-2-3-12(17(22)4-11)13-5-15(20)16(21)6-14(13)19;1-9-13-7-25(8-18(13)24-23-9)10-2-3-11(17(22)4-10)12-5-15(20)16(21)6-14(12)19;18-12-5-14(20)13(19)4-10(12)9-2-1-8(3-15(9)21)25-6-11-16(7-25)23-24-17(11)22;18-13-5-15(20)14(19)4-12(13)11-2-1-10(3-16(11)21)24-7-9-6-22-23-17(9)8-24/h6-8,11,13-14,19H,3-5,9-10,24H2,1-2H3;5-7,11-12,17H,2-4,8-9,22H2,1H3;5-6,10-11,17H,2-4,7-8,22H2,1H3,(H,23,24);4-5,8-9,15H,1-3,6-7,21H2,(H3,22,23,24);4-6,10-11,16H,1-3,7-8,21H2,(H,22,23)/t13-,14?,19-;11-,12?,17-;10-,11?,17-;8-,9?,15-;10-,11?,16-/m00000/s1. The molecule has 5 unspecified atom stereocenters. The molecule has 5 aromatic heterocycles. The predicted octanol–water partition coefficient (Wildman–Crippen LogP) is 15.0. The first-order valence-corrected chi connectivity index (χ1v) is 43.3. The highest BCUT2D eigenvalue weighted by atomic mass is 19.2. The molecule has 0 bridgehead atoms. The highest BCUT2D eigenvalue weighted by Gasteiger charge is 2.44. The third-order valence-electron chi connectivity index (χ3n) is 28.3. The van der Waals surface area contributed by atoms with Gasteiger partial charge in [-0.3, -0.25) is 49.2 Å². The fourth-order valence-corrected chi connectivity index (χ4v) is 21.4. The molecule has 15 N–H and O–H groups in total. The molecule has 15 atom stereocenters. The number of halogens is 15. The van der Waals surface area contributed by atoms with Crippen molar-refractivity contribution in [1.29, 1.82) is 0 Å². The van der Waals surface area contributed by atoms with Crippen LogP contribution in [0.25, 0.3) is 0 Å². The number of aromatic amines is 3. The Morgan fingerprint density at radius 1 is 0.333 bits per heavy atom. The summed E-state index contributed by atoms with van der Waals surface area (Å²) < 4.78 is 208. The van der Waals surface area contributed by atoms with Crippen molar-refractivity contribution in [2.75, 3.05) is 5.73 Å². The lowest BCUT2D eigenvalue weighted by Gasteiger charge is -2.38. The van der Waals surface area contributed by atoms with E-state index in [1.807, 2.05) is 37.2 Å². The molecule has 0 amide bonds. The summed E-state index contributed by atoms with van der Waals surface area (Å²) in [6, 6.07) is 8.24. The van der Waals surface area contributed by atoms with E-state index >= 15 is 0 Å². The maximum Gasteiger partial charge on any atom is 0.161 e. The number of rotatable bonds is 11. The Labute approximate surface area is 719 Å². The van der Waals surface area contributed by atoms with Gasteiger partial charge in [0.05, 0.1) is 47.1 Å². The second kappa shape index (κ2) is 37.3. The summed E-state index contributed by atoms with van der Waals surface area (Å²) in [6.07, 6.45) is 16.7. The van der Waals surface area contributed by atoms with Crippen LogP contribution < -0.4 is 34.4 Å². The molecular weight excluding hydrogens is 1660 g/mol. The molecule has 10 heterocycles. The van der Waals surface area contributed by atoms with Crippen molar-refractivity contribution in [2.45, 2.75) is 279 Å². The minimum absolute atomic E-state index is 0.171. The third-order valence-corrected chi connectivity index (χ3v) is 28.3. The summed E-state index contributed by atoms with van der Waals surface area (Å²) in [6.45, 7) is 14.4. The van der Waals surface area contributed by atoms with Gasteiger partial charge in [-0.25, -0.2) is 65.9 Å². The molecule has 5 aromatic carbocycles. The number of hydrogen-bond donors (Lipinski definition) is 9. The van der Waals surface area contributed by atoms with Crippen LogP contribution in [-0.2, 0) is 72.5 Å². The summed E-state index contributed by atoms with van der Waals surface area (Å²) in [7, 11) is 1.94. The van der Waals surface area contributed by atoms with Gasteiger partial charge in [0, 0.05) is 232 Å². The van der Waals surface area contributed by atoms with E-state index in [-0.39, 0.29) is 93.7 Å². The van der Waals surface area contributed by atoms with Gasteiger partial charge in [-0.15, -0.1) is 0 Å². The second-order valence-corrected chi connectivity index (χ2v) is 36.3. The number of aromatic nitrogens is 10. The van der Waals surface area contributed by atoms with E-state index in [0.29, 0.717) is 131 Å². The van der Waals surface area contributed by atoms with E-state index in [0.717, 1.165) is 156 Å². The lowest BCUT2D eigenvalue weighted by Crippen LogP contribution is -2.44. The Hall–Kier alpha value is -9.50. The molecule has 0 spiro atoms. The topological polar surface area (TPSA) is 294 Å². The summed E-state index contributed by atoms with van der Waals surface area (Å²) in [5, 5.41) is 30.0. The number of nitrogens with one attached hydrogen (secondary N) is 3. The molecule has 5 fully saturated rings. The van der Waals surface area contributed by atoms with Gasteiger partial charge in [0.2, 0.25) is 0 Å². The van der Waals surface area contributed by atoms with E-state index in [2.05, 4.69) is 83.8 Å². The van der Waals surface area contributed by atoms with Crippen molar-refractivity contribution < 1.29 is 65.9 Å². The Morgan fingerprint density at radius 3 is 1.02 bits per heavy atom. The third kappa shape index (κ3) is 18.6. The number of benzene rings is 5. The zero-order valence-electron chi connectivity index (χ0n) is 70.4. The molecule has 126 heavy (non-hydrogen) atoms. The van der Waals surface area contributed by atoms with Crippen LogP contribution in [0.4, 0.5) is 71.7 Å². The molecular formula is C90H106F15N21. The van der Waals surface area contributed by atoms with Crippen molar-refractivity contribution in [2.24, 2.45) is 35.7 Å². The normalized spacial score (nSPS) is 26.8. The number of nitrogens with zero attached hydrogens (tertiary/aromatic N) is 12. The molecule has 676 valence electrons. The summed E-state index contributed by atoms with van der Waals surface area (Å²) >= 11 is 0. The molecule has 10 aromatic rings. The van der Waals surface area contributed by atoms with Crippen LogP contribution >= 0.6 is 0 Å². The fraction of sp³-hybridized carbons (Fsp3) is 0.500. The molecule has 5 aliphatic heterocycles. The average Bonchev–Trinajstić information content (AvgIpc) is 1.55. The van der Waals surface area contributed by atoms with Crippen LogP contribution in [0.2, 0.25) is 0 Å². The number of anilines is 1. The fourth-order valence-electron chi connectivity index (χ4n) is 21.4. The highest BCUT2D eigenvalue weighted by Crippen LogP contribution is 2.46. The van der Waals surface area contributed by atoms with E-state index in [1.165, 1.54) is 33.6 Å². The Bertz CT molecular complexity index is 5240. The average molecular weight is 1770 g/mol. The van der Waals surface area contributed by atoms with E-state index < -0.39 is 87.3 Å². The predicted molar refractivity (Wildman–Crippen MR) is 440 cm³/mol. The molecule has 0 saturated heterocycles. The minimum Gasteiger partial charge on any atom is -0.382 e. The molecule has 36 heteroatoms. The Balaban J connectivity index is 0.000000116. The van der Waals surface area contributed by atoms with Gasteiger partial charge in [0.1, 0.15) is 34.9 Å². The van der Waals surface area contributed by atoms with E-state index in [1.54, 1.807) is 0 Å². The number of aryl methyl sites for hydroxylation is 2. The lowest BCUT2D eigenvalue weighted by atomic mass is 9.77. The molecule has 21 nitrogen and oxygen atoms in total. The first-order chi connectivity index (χ1) is 60.2. The number of nitrogen functional groups attached to an aromatic ring is 1. The molecule has 20 rings (SSSR count). The van der Waals surface area contributed by atoms with Gasteiger partial charge >= 0.3 is 0 Å². The molecule has 5 saturated carbocycles. The summed E-state index contributed by atoms with van der Waals surface area (Å²) in [4.78, 5) is 11.8. The van der Waals surface area contributed by atoms with Crippen LogP contribution in [-0.4, -0.2) is 135 Å². The number of nitrogens with two attached hydrogens (primary N) is 6. The number of fused-ring (bicyclic) bond motifs is 5. The lowest BCUT2D eigenvalue weighted by molar-refractivity contribution is 0.134. The summed E-state index contributed by atoms with van der Waals surface area (Å²) in [5.74, 6) is -15.4. The van der Waals surface area contributed by atoms with Crippen LogP contribution in [0, 0.1) is 94.2 Å². The SMILES string of the molecule is CC(C)n1ncc2c1CN([C@H]1CCC(c3cc(F)c(F)cc3F)[C@@H](N)C1)C2.Cc1[nH]nc2c1CN([C@H]1CCC(c3cc(F)c(F)cc3F)[C@@H](N)C1)C2.Cn1ncc2c1CN([C@H]1CCC(c3cc(F)c(F)cc3F)[C@@H](N)C1)C2.N[C@H]1C[C@@H](N2Cc3cn[nH]c3C2)CCC1c1cc(F)c(F)cc1F.Nc1n[nH]c2c1CN([C@H]1CCC(c3cc(F)c(F)cc3F)[C@@H](N)C1)C2. The monoisotopic (exact) mass is 1770 g/mol. The number of H-pyrrole nitrogens is 3. The van der Waals surface area contributed by atoms with Gasteiger partial charge in [-0.1, -0.05) is 0 Å². The van der Waals surface area contributed by atoms with Crippen molar-refractivity contribution in [3.8, 4) is 0 Å². The molecule has 10 aliphatic rings. The maximum absolute atomic E-state index is 14.2. The Kier molecular flexibility index (Phi) is 26.6. The van der Waals surface area contributed by atoms with Gasteiger partial charge in [0.25, 0.3) is 0 Å². The van der Waals surface area contributed by atoms with Crippen LogP contribution in [0.3, 0.4) is 0 Å². The zero-order chi connectivity index (χ0) is 89.3. The van der Waals surface area contributed by atoms with Crippen molar-refractivity contribution in [1.82, 2.24) is 74.7 Å². The molecule has 0 radical (unpaired) electrons. The quantitative estimate of drug-likeness (QED) is 0.0430. The first kappa shape index (κ1) is 89.9. The van der Waals surface area contributed by atoms with Crippen molar-refractivity contribution >= 4 is 5.82 Å². The first-order valence-electron chi connectivity index (χ1n) is 43.3. The largest absolute Gasteiger partial charge is 0.382 e. The van der Waals surface area contributed by atoms with E-state index in [9.17, 15) is 65.9 Å². The van der Waals surface area contributed by atoms with Gasteiger partial charge in [0.15, 0.2) is 58.2 Å². The second-order valence-electron chi connectivity index (χ2n) is 36.3. The minimum atomic E-state index is -1.17. The number of hydrogen-bond acceptors (Lipinski definition) is 16. The molecule has 5 aliphatic carbocycles. The van der Waals surface area contributed by atoms with Crippen molar-refractivity contribution in [3.63, 3.8) is 0 Å². The maximum atomic E-state index is 14.2. The van der Waals surface area contributed by atoms with Crippen LogP contribution in [0.5, 0.6) is 0 Å². The highest BCUT2D eigenvalue weighted by molar-refractivity contribution is 5.44. The van der Waals surface area contributed by atoms with Gasteiger partial charge < -0.3 is 34.4 Å². The smallest absolute Gasteiger partial charge is 0.161 e. The van der Waals surface area contributed by atoms with Gasteiger partial charge in [-0.2, -0.15) is 25.5 Å². The summed E-state index contributed by atoms with van der Waals surface area (Å²) in [5.41, 5.74) is 51.1. The Morgan fingerprint density at radius 2 is 0.659 bits per heavy atom.